The van der Waals surface area contributed by atoms with Crippen LogP contribution in [0.5, 0.6) is 0 Å². The average molecular weight is 113 g/mol. The second kappa shape index (κ2) is 2.31. The van der Waals surface area contributed by atoms with Gasteiger partial charge in [-0.2, -0.15) is 0 Å². The highest BCUT2D eigenvalue weighted by Crippen LogP contribution is 2.10. The minimum absolute atomic E-state index is 0.0972. The zero-order chi connectivity index (χ0) is 6.78. The van der Waals surface area contributed by atoms with Crippen LogP contribution >= 0.6 is 0 Å². The van der Waals surface area contributed by atoms with Gasteiger partial charge >= 0.3 is 0 Å². The summed E-state index contributed by atoms with van der Waals surface area (Å²) < 4.78 is 0. The van der Waals surface area contributed by atoms with E-state index in [4.69, 9.17) is 0 Å². The molecular formula is C7H15N. The lowest BCUT2D eigenvalue weighted by atomic mass is 9.98. The van der Waals surface area contributed by atoms with E-state index < -0.39 is 0 Å². The van der Waals surface area contributed by atoms with E-state index in [2.05, 4.69) is 25.7 Å². The van der Waals surface area contributed by atoms with Gasteiger partial charge in [0.1, 0.15) is 0 Å². The number of likely N-dealkylation sites (N-methyl/N-ethyl adjacent to an activating group) is 1. The first-order valence-corrected chi connectivity index (χ1v) is 2.85. The highest BCUT2D eigenvalue weighted by atomic mass is 14.9. The second-order valence-electron chi connectivity index (χ2n) is 2.66. The number of hydrogen-bond acceptors (Lipinski definition) is 1. The fraction of sp³-hybridized carbons (Fsp3) is 0.714. The Kier molecular flexibility index (Phi) is 2.23. The third-order valence-corrected chi connectivity index (χ3v) is 1.69. The van der Waals surface area contributed by atoms with Crippen molar-refractivity contribution in [2.45, 2.75) is 26.3 Å². The van der Waals surface area contributed by atoms with E-state index in [9.17, 15) is 0 Å². The van der Waals surface area contributed by atoms with Gasteiger partial charge in [0.15, 0.2) is 0 Å². The van der Waals surface area contributed by atoms with Gasteiger partial charge in [-0.1, -0.05) is 12.2 Å². The van der Waals surface area contributed by atoms with E-state index in [1.165, 1.54) is 5.57 Å². The van der Waals surface area contributed by atoms with Crippen LogP contribution < -0.4 is 5.32 Å². The molecule has 1 heteroatoms. The summed E-state index contributed by atoms with van der Waals surface area (Å²) in [5, 5.41) is 3.14. The van der Waals surface area contributed by atoms with Crippen LogP contribution in [0, 0.1) is 0 Å². The largest absolute Gasteiger partial charge is 0.311 e. The molecule has 0 unspecified atom stereocenters. The van der Waals surface area contributed by atoms with Gasteiger partial charge in [0.2, 0.25) is 0 Å². The molecule has 0 aliphatic heterocycles. The smallest absolute Gasteiger partial charge is 0.0328 e. The van der Waals surface area contributed by atoms with Gasteiger partial charge in [-0.3, -0.25) is 0 Å². The zero-order valence-corrected chi connectivity index (χ0v) is 6.21. The van der Waals surface area contributed by atoms with Crippen molar-refractivity contribution in [3.8, 4) is 0 Å². The average Bonchev–Trinajstić information content (AvgIpc) is 1.67. The van der Waals surface area contributed by atoms with E-state index in [1.54, 1.807) is 0 Å². The van der Waals surface area contributed by atoms with Gasteiger partial charge in [0.25, 0.3) is 0 Å². The first kappa shape index (κ1) is 7.70. The number of nitrogens with one attached hydrogen (secondary N) is 1. The van der Waals surface area contributed by atoms with Crippen LogP contribution in [0.3, 0.4) is 0 Å². The van der Waals surface area contributed by atoms with Crippen molar-refractivity contribution in [1.82, 2.24) is 5.32 Å². The maximum absolute atomic E-state index is 3.84. The molecule has 0 atom stereocenters. The van der Waals surface area contributed by atoms with Gasteiger partial charge in [0.05, 0.1) is 0 Å². The summed E-state index contributed by atoms with van der Waals surface area (Å²) in [6.45, 7) is 10.1. The van der Waals surface area contributed by atoms with Gasteiger partial charge < -0.3 is 5.32 Å². The predicted molar refractivity (Wildman–Crippen MR) is 38.0 cm³/mol. The first-order valence-electron chi connectivity index (χ1n) is 2.85. The molecule has 0 bridgehead atoms. The zero-order valence-electron chi connectivity index (χ0n) is 6.21. The third-order valence-electron chi connectivity index (χ3n) is 1.69. The topological polar surface area (TPSA) is 12.0 Å². The van der Waals surface area contributed by atoms with Crippen molar-refractivity contribution >= 4 is 0 Å². The second-order valence-corrected chi connectivity index (χ2v) is 2.66. The molecule has 48 valence electrons. The Bertz CT molecular complexity index is 92.6. The van der Waals surface area contributed by atoms with Crippen molar-refractivity contribution in [2.24, 2.45) is 0 Å². The van der Waals surface area contributed by atoms with Crippen LogP contribution in [-0.4, -0.2) is 12.6 Å². The van der Waals surface area contributed by atoms with E-state index in [0.717, 1.165) is 0 Å². The van der Waals surface area contributed by atoms with Crippen LogP contribution in [0.2, 0.25) is 0 Å². The molecule has 0 aliphatic carbocycles. The summed E-state index contributed by atoms with van der Waals surface area (Å²) >= 11 is 0. The molecule has 0 amide bonds. The third kappa shape index (κ3) is 1.66. The molecule has 0 saturated carbocycles. The minimum Gasteiger partial charge on any atom is -0.311 e. The first-order chi connectivity index (χ1) is 3.50. The maximum atomic E-state index is 3.84. The fourth-order valence-corrected chi connectivity index (χ4v) is 0.213. The molecular weight excluding hydrogens is 98.1 g/mol. The fourth-order valence-electron chi connectivity index (χ4n) is 0.213. The molecule has 1 nitrogen and oxygen atoms in total. The molecule has 8 heavy (non-hydrogen) atoms. The van der Waals surface area contributed by atoms with E-state index in [1.807, 2.05) is 14.0 Å². The van der Waals surface area contributed by atoms with Crippen LogP contribution in [0.4, 0.5) is 0 Å². The van der Waals surface area contributed by atoms with Crippen molar-refractivity contribution in [3.63, 3.8) is 0 Å². The van der Waals surface area contributed by atoms with Crippen molar-refractivity contribution < 1.29 is 0 Å². The highest BCUT2D eigenvalue weighted by Gasteiger charge is 2.13. The summed E-state index contributed by atoms with van der Waals surface area (Å²) in [6.07, 6.45) is 0. The summed E-state index contributed by atoms with van der Waals surface area (Å²) in [5.41, 5.74) is 1.26. The number of hydrogen-bond donors (Lipinski definition) is 1. The van der Waals surface area contributed by atoms with Gasteiger partial charge in [-0.05, 0) is 27.8 Å². The summed E-state index contributed by atoms with van der Waals surface area (Å²) in [7, 11) is 1.94. The molecule has 0 radical (unpaired) electrons. The monoisotopic (exact) mass is 113 g/mol. The van der Waals surface area contributed by atoms with E-state index in [-0.39, 0.29) is 5.54 Å². The van der Waals surface area contributed by atoms with Gasteiger partial charge in [-0.25, -0.2) is 0 Å². The Morgan fingerprint density at radius 3 is 1.88 bits per heavy atom. The normalized spacial score (nSPS) is 11.5. The van der Waals surface area contributed by atoms with Crippen molar-refractivity contribution in [1.29, 1.82) is 0 Å². The van der Waals surface area contributed by atoms with Crippen LogP contribution in [-0.2, 0) is 0 Å². The van der Waals surface area contributed by atoms with E-state index in [0.29, 0.717) is 0 Å². The molecule has 0 rings (SSSR count). The SMILES string of the molecule is C=C(C)C(C)(C)NC. The van der Waals surface area contributed by atoms with Crippen LogP contribution in [0.25, 0.3) is 0 Å². The number of rotatable bonds is 2. The Balaban J connectivity index is 3.91. The van der Waals surface area contributed by atoms with Crippen molar-refractivity contribution in [3.05, 3.63) is 12.2 Å². The Morgan fingerprint density at radius 2 is 1.88 bits per heavy atom. The van der Waals surface area contributed by atoms with Crippen molar-refractivity contribution in [2.75, 3.05) is 7.05 Å². The quantitative estimate of drug-likeness (QED) is 0.536. The molecule has 0 spiro atoms. The Morgan fingerprint density at radius 1 is 1.50 bits per heavy atom. The summed E-state index contributed by atoms with van der Waals surface area (Å²) in [6, 6.07) is 0. The summed E-state index contributed by atoms with van der Waals surface area (Å²) in [5.74, 6) is 0. The molecule has 0 fully saturated rings. The lowest BCUT2D eigenvalue weighted by Crippen LogP contribution is -2.36. The van der Waals surface area contributed by atoms with Gasteiger partial charge in [-0.15, -0.1) is 0 Å². The molecule has 0 aromatic heterocycles. The predicted octanol–water partition coefficient (Wildman–Crippen LogP) is 1.56. The molecule has 1 N–H and O–H groups in total. The van der Waals surface area contributed by atoms with E-state index >= 15 is 0 Å². The van der Waals surface area contributed by atoms with Gasteiger partial charge in [0, 0.05) is 5.54 Å². The standard InChI is InChI=1S/C7H15N/c1-6(2)7(3,4)8-5/h8H,1H2,2-5H3. The molecule has 0 heterocycles. The maximum Gasteiger partial charge on any atom is 0.0328 e. The lowest BCUT2D eigenvalue weighted by molar-refractivity contribution is 0.498. The van der Waals surface area contributed by atoms with Crippen LogP contribution in [0.15, 0.2) is 12.2 Å². The summed E-state index contributed by atoms with van der Waals surface area (Å²) in [4.78, 5) is 0. The highest BCUT2D eigenvalue weighted by molar-refractivity contribution is 5.08. The Hall–Kier alpha value is -0.300. The molecule has 0 saturated heterocycles. The molecule has 0 aliphatic rings. The lowest BCUT2D eigenvalue weighted by Gasteiger charge is -2.23. The Labute approximate surface area is 51.8 Å². The molecule has 0 aromatic rings. The van der Waals surface area contributed by atoms with Crippen LogP contribution in [0.1, 0.15) is 20.8 Å². The minimum atomic E-state index is 0.0972. The molecule has 0 aromatic carbocycles.